The van der Waals surface area contributed by atoms with E-state index in [0.717, 1.165) is 25.7 Å². The number of hydrogen-bond acceptors (Lipinski definition) is 5. The molecule has 1 aliphatic rings. The highest BCUT2D eigenvalue weighted by Crippen LogP contribution is 2.22. The summed E-state index contributed by atoms with van der Waals surface area (Å²) in [6.07, 6.45) is 5.57. The van der Waals surface area contributed by atoms with Crippen LogP contribution in [0.3, 0.4) is 0 Å². The minimum atomic E-state index is -0.643. The number of Topliss-reactive ketones (excluding diaryl/α,β-unsaturated/α-hetero) is 1. The molecule has 0 bridgehead atoms. The molecule has 1 aliphatic carbocycles. The SMILES string of the molecule is O=C1CCCCC(OC(=O)c2ccccc2[N+](=O)[O-])CCCC1. The van der Waals surface area contributed by atoms with Crippen LogP contribution in [-0.4, -0.2) is 22.8 Å². The molecule has 1 saturated carbocycles. The van der Waals surface area contributed by atoms with E-state index >= 15 is 0 Å². The quantitative estimate of drug-likeness (QED) is 0.480. The number of carbonyl (C=O) groups excluding carboxylic acids is 2. The Morgan fingerprint density at radius 1 is 1.09 bits per heavy atom. The number of ketones is 1. The molecule has 6 nitrogen and oxygen atoms in total. The standard InChI is InChI=1S/C17H21NO5/c19-13-7-1-3-9-14(10-4-2-8-13)23-17(20)15-11-5-6-12-16(15)18(21)22/h5-6,11-12,14H,1-4,7-10H2. The minimum absolute atomic E-state index is 0.00947. The fraction of sp³-hybridized carbons (Fsp3) is 0.529. The molecule has 1 fully saturated rings. The van der Waals surface area contributed by atoms with Crippen LogP contribution in [0.4, 0.5) is 5.69 Å². The first-order valence-electron chi connectivity index (χ1n) is 8.04. The van der Waals surface area contributed by atoms with Crippen LogP contribution in [0.5, 0.6) is 0 Å². The third kappa shape index (κ3) is 5.16. The molecular formula is C17H21NO5. The van der Waals surface area contributed by atoms with Crippen molar-refractivity contribution in [2.45, 2.75) is 57.5 Å². The molecule has 0 unspecified atom stereocenters. The van der Waals surface area contributed by atoms with E-state index in [2.05, 4.69) is 0 Å². The van der Waals surface area contributed by atoms with Crippen LogP contribution in [-0.2, 0) is 9.53 Å². The summed E-state index contributed by atoms with van der Waals surface area (Å²) in [5, 5.41) is 11.0. The van der Waals surface area contributed by atoms with Crippen molar-refractivity contribution in [3.63, 3.8) is 0 Å². The molecule has 0 amide bonds. The second-order valence-electron chi connectivity index (χ2n) is 5.83. The summed E-state index contributed by atoms with van der Waals surface area (Å²) in [6, 6.07) is 5.83. The van der Waals surface area contributed by atoms with Crippen molar-refractivity contribution in [2.24, 2.45) is 0 Å². The summed E-state index contributed by atoms with van der Waals surface area (Å²) in [6.45, 7) is 0. The average molecular weight is 319 g/mol. The summed E-state index contributed by atoms with van der Waals surface area (Å²) in [7, 11) is 0. The van der Waals surface area contributed by atoms with Crippen LogP contribution in [0.25, 0.3) is 0 Å². The number of rotatable bonds is 3. The lowest BCUT2D eigenvalue weighted by atomic mass is 9.98. The van der Waals surface area contributed by atoms with Gasteiger partial charge in [0, 0.05) is 18.9 Å². The van der Waals surface area contributed by atoms with Crippen LogP contribution >= 0.6 is 0 Å². The lowest BCUT2D eigenvalue weighted by Gasteiger charge is -2.19. The van der Waals surface area contributed by atoms with Crippen LogP contribution in [0.2, 0.25) is 0 Å². The van der Waals surface area contributed by atoms with Gasteiger partial charge in [0.15, 0.2) is 0 Å². The Balaban J connectivity index is 2.00. The van der Waals surface area contributed by atoms with E-state index in [1.807, 2.05) is 0 Å². The second-order valence-corrected chi connectivity index (χ2v) is 5.83. The fourth-order valence-corrected chi connectivity index (χ4v) is 2.80. The second kappa shape index (κ2) is 8.41. The van der Waals surface area contributed by atoms with Gasteiger partial charge in [-0.2, -0.15) is 0 Å². The van der Waals surface area contributed by atoms with Gasteiger partial charge in [-0.15, -0.1) is 0 Å². The van der Waals surface area contributed by atoms with Gasteiger partial charge < -0.3 is 4.74 Å². The van der Waals surface area contributed by atoms with E-state index in [1.165, 1.54) is 18.2 Å². The minimum Gasteiger partial charge on any atom is -0.459 e. The molecule has 0 spiro atoms. The van der Waals surface area contributed by atoms with Gasteiger partial charge >= 0.3 is 5.97 Å². The molecule has 6 heteroatoms. The van der Waals surface area contributed by atoms with E-state index in [4.69, 9.17) is 4.74 Å². The van der Waals surface area contributed by atoms with Gasteiger partial charge in [0.05, 0.1) is 4.92 Å². The largest absolute Gasteiger partial charge is 0.459 e. The van der Waals surface area contributed by atoms with Crippen molar-refractivity contribution >= 4 is 17.4 Å². The summed E-state index contributed by atoms with van der Waals surface area (Å²) in [5.41, 5.74) is -0.243. The maximum atomic E-state index is 12.3. The van der Waals surface area contributed by atoms with Crippen LogP contribution in [0.1, 0.15) is 61.7 Å². The molecule has 0 heterocycles. The van der Waals surface area contributed by atoms with Gasteiger partial charge in [-0.25, -0.2) is 4.79 Å². The molecule has 124 valence electrons. The van der Waals surface area contributed by atoms with E-state index in [0.29, 0.717) is 31.5 Å². The highest BCUT2D eigenvalue weighted by molar-refractivity contribution is 5.93. The van der Waals surface area contributed by atoms with E-state index in [1.54, 1.807) is 6.07 Å². The Morgan fingerprint density at radius 2 is 1.70 bits per heavy atom. The van der Waals surface area contributed by atoms with Gasteiger partial charge in [-0.3, -0.25) is 14.9 Å². The molecule has 0 N–H and O–H groups in total. The van der Waals surface area contributed by atoms with Crippen molar-refractivity contribution in [1.29, 1.82) is 0 Å². The van der Waals surface area contributed by atoms with Crippen molar-refractivity contribution in [1.82, 2.24) is 0 Å². The summed E-state index contributed by atoms with van der Waals surface area (Å²) >= 11 is 0. The number of ether oxygens (including phenoxy) is 1. The fourth-order valence-electron chi connectivity index (χ4n) is 2.80. The molecule has 0 aliphatic heterocycles. The molecule has 0 saturated heterocycles. The Kier molecular flexibility index (Phi) is 6.26. The number of esters is 1. The third-order valence-electron chi connectivity index (χ3n) is 4.06. The average Bonchev–Trinajstić information content (AvgIpc) is 2.55. The monoisotopic (exact) mass is 319 g/mol. The van der Waals surface area contributed by atoms with E-state index in [-0.39, 0.29) is 17.4 Å². The molecule has 1 aromatic carbocycles. The van der Waals surface area contributed by atoms with Gasteiger partial charge in [0.1, 0.15) is 17.5 Å². The first-order valence-corrected chi connectivity index (χ1v) is 8.04. The number of benzene rings is 1. The Bertz CT molecular complexity index is 570. The van der Waals surface area contributed by atoms with Gasteiger partial charge in [0.25, 0.3) is 5.69 Å². The lowest BCUT2D eigenvalue weighted by Crippen LogP contribution is -2.20. The topological polar surface area (TPSA) is 86.5 Å². The Morgan fingerprint density at radius 3 is 2.30 bits per heavy atom. The van der Waals surface area contributed by atoms with Crippen molar-refractivity contribution in [3.8, 4) is 0 Å². The highest BCUT2D eigenvalue weighted by Gasteiger charge is 2.23. The predicted molar refractivity (Wildman–Crippen MR) is 84.2 cm³/mol. The van der Waals surface area contributed by atoms with E-state index in [9.17, 15) is 19.7 Å². The zero-order valence-corrected chi connectivity index (χ0v) is 13.0. The van der Waals surface area contributed by atoms with Gasteiger partial charge in [-0.05, 0) is 44.6 Å². The van der Waals surface area contributed by atoms with Gasteiger partial charge in [-0.1, -0.05) is 12.1 Å². The molecule has 1 aromatic rings. The highest BCUT2D eigenvalue weighted by atomic mass is 16.6. The van der Waals surface area contributed by atoms with Crippen LogP contribution in [0, 0.1) is 10.1 Å². The first kappa shape index (κ1) is 17.1. The third-order valence-corrected chi connectivity index (χ3v) is 4.06. The van der Waals surface area contributed by atoms with E-state index < -0.39 is 10.9 Å². The number of nitro groups is 1. The lowest BCUT2D eigenvalue weighted by molar-refractivity contribution is -0.385. The summed E-state index contributed by atoms with van der Waals surface area (Å²) in [5.74, 6) is -0.337. The number of carbonyl (C=O) groups is 2. The summed E-state index contributed by atoms with van der Waals surface area (Å²) in [4.78, 5) is 34.2. The normalized spacial score (nSPS) is 17.5. The zero-order valence-electron chi connectivity index (χ0n) is 13.0. The molecule has 23 heavy (non-hydrogen) atoms. The molecule has 0 radical (unpaired) electrons. The first-order chi connectivity index (χ1) is 11.1. The number of nitrogens with zero attached hydrogens (tertiary/aromatic N) is 1. The van der Waals surface area contributed by atoms with Crippen molar-refractivity contribution < 1.29 is 19.2 Å². The Labute approximate surface area is 135 Å². The Hall–Kier alpha value is -2.24. The van der Waals surface area contributed by atoms with Crippen molar-refractivity contribution in [2.75, 3.05) is 0 Å². The maximum absolute atomic E-state index is 12.3. The van der Waals surface area contributed by atoms with Gasteiger partial charge in [0.2, 0.25) is 0 Å². The zero-order chi connectivity index (χ0) is 16.7. The van der Waals surface area contributed by atoms with Crippen LogP contribution < -0.4 is 0 Å². The molecular weight excluding hydrogens is 298 g/mol. The molecule has 2 rings (SSSR count). The maximum Gasteiger partial charge on any atom is 0.345 e. The van der Waals surface area contributed by atoms with Crippen LogP contribution in [0.15, 0.2) is 24.3 Å². The number of nitro benzene ring substituents is 1. The smallest absolute Gasteiger partial charge is 0.345 e. The number of para-hydroxylation sites is 1. The molecule has 0 atom stereocenters. The molecule has 0 aromatic heterocycles. The summed E-state index contributed by atoms with van der Waals surface area (Å²) < 4.78 is 5.50. The van der Waals surface area contributed by atoms with Crippen molar-refractivity contribution in [3.05, 3.63) is 39.9 Å². The number of hydrogen-bond donors (Lipinski definition) is 0. The predicted octanol–water partition coefficient (Wildman–Crippen LogP) is 3.82.